The summed E-state index contributed by atoms with van der Waals surface area (Å²) in [5.74, 6) is -0.779. The summed E-state index contributed by atoms with van der Waals surface area (Å²) in [5.41, 5.74) is 0.476. The van der Waals surface area contributed by atoms with Gasteiger partial charge in [0.25, 0.3) is 5.69 Å². The van der Waals surface area contributed by atoms with Crippen LogP contribution in [0.5, 0.6) is 0 Å². The molecule has 7 heteroatoms. The molecule has 0 amide bonds. The molecule has 24 heavy (non-hydrogen) atoms. The second-order valence-electron chi connectivity index (χ2n) is 4.91. The minimum Gasteiger partial charge on any atom is -0.456 e. The standard InChI is InChI=1S/C17H15NO5S/c1-12(24-15-9-7-14(8-10-15)18(21)22)17(20)23-11-16(19)13-5-3-2-4-6-13/h2-10,12H,11H2,1H3/t12-/m1/s1. The number of rotatable bonds is 7. The molecule has 2 aromatic rings. The molecular formula is C17H15NO5S. The number of ether oxygens (including phenoxy) is 1. The van der Waals surface area contributed by atoms with Crippen molar-refractivity contribution in [3.8, 4) is 0 Å². The average Bonchev–Trinajstić information content (AvgIpc) is 2.60. The fourth-order valence-electron chi connectivity index (χ4n) is 1.86. The van der Waals surface area contributed by atoms with Gasteiger partial charge in [-0.1, -0.05) is 30.3 Å². The van der Waals surface area contributed by atoms with E-state index in [-0.39, 0.29) is 18.1 Å². The molecule has 1 atom stereocenters. The molecular weight excluding hydrogens is 330 g/mol. The van der Waals surface area contributed by atoms with E-state index in [1.54, 1.807) is 49.4 Å². The van der Waals surface area contributed by atoms with Crippen LogP contribution in [0, 0.1) is 10.1 Å². The van der Waals surface area contributed by atoms with Gasteiger partial charge in [0.15, 0.2) is 12.4 Å². The maximum Gasteiger partial charge on any atom is 0.319 e. The lowest BCUT2D eigenvalue weighted by Gasteiger charge is -2.11. The number of nitro groups is 1. The summed E-state index contributed by atoms with van der Waals surface area (Å²) in [6.45, 7) is 1.34. The first-order chi connectivity index (χ1) is 11.5. The zero-order chi connectivity index (χ0) is 17.5. The Balaban J connectivity index is 1.85. The number of nitro benzene ring substituents is 1. The average molecular weight is 345 g/mol. The Kier molecular flexibility index (Phi) is 6.08. The second kappa shape index (κ2) is 8.26. The maximum atomic E-state index is 12.0. The summed E-state index contributed by atoms with van der Waals surface area (Å²) in [4.78, 5) is 34.7. The van der Waals surface area contributed by atoms with E-state index in [1.165, 1.54) is 23.9 Å². The quantitative estimate of drug-likeness (QED) is 0.251. The van der Waals surface area contributed by atoms with Gasteiger partial charge in [-0.05, 0) is 19.1 Å². The largest absolute Gasteiger partial charge is 0.456 e. The summed E-state index contributed by atoms with van der Waals surface area (Å²) < 4.78 is 5.04. The fraction of sp³-hybridized carbons (Fsp3) is 0.176. The third-order valence-electron chi connectivity index (χ3n) is 3.13. The number of nitrogens with zero attached hydrogens (tertiary/aromatic N) is 1. The summed E-state index contributed by atoms with van der Waals surface area (Å²) in [7, 11) is 0. The van der Waals surface area contributed by atoms with Gasteiger partial charge in [0, 0.05) is 22.6 Å². The number of benzene rings is 2. The van der Waals surface area contributed by atoms with E-state index in [4.69, 9.17) is 4.74 Å². The highest BCUT2D eigenvalue weighted by Crippen LogP contribution is 2.26. The summed E-state index contributed by atoms with van der Waals surface area (Å²) in [5, 5.41) is 10.1. The van der Waals surface area contributed by atoms with Crippen molar-refractivity contribution in [1.82, 2.24) is 0 Å². The van der Waals surface area contributed by atoms with E-state index in [0.29, 0.717) is 10.5 Å². The van der Waals surface area contributed by atoms with E-state index < -0.39 is 16.1 Å². The van der Waals surface area contributed by atoms with Crippen LogP contribution in [0.3, 0.4) is 0 Å². The number of ketones is 1. The number of thioether (sulfide) groups is 1. The van der Waals surface area contributed by atoms with Crippen molar-refractivity contribution in [2.45, 2.75) is 17.1 Å². The van der Waals surface area contributed by atoms with Gasteiger partial charge in [-0.2, -0.15) is 0 Å². The molecule has 0 aliphatic rings. The van der Waals surface area contributed by atoms with Crippen molar-refractivity contribution in [3.05, 3.63) is 70.3 Å². The van der Waals surface area contributed by atoms with Crippen LogP contribution in [0.4, 0.5) is 5.69 Å². The van der Waals surface area contributed by atoms with Crippen LogP contribution in [0.2, 0.25) is 0 Å². The molecule has 0 aliphatic heterocycles. The predicted molar refractivity (Wildman–Crippen MR) is 90.1 cm³/mol. The van der Waals surface area contributed by atoms with Gasteiger partial charge < -0.3 is 4.74 Å². The first kappa shape index (κ1) is 17.7. The summed E-state index contributed by atoms with van der Waals surface area (Å²) >= 11 is 1.21. The van der Waals surface area contributed by atoms with Crippen LogP contribution in [-0.2, 0) is 9.53 Å². The SMILES string of the molecule is C[C@@H](Sc1ccc([N+](=O)[O-])cc1)C(=O)OCC(=O)c1ccccc1. The van der Waals surface area contributed by atoms with Crippen LogP contribution in [0.25, 0.3) is 0 Å². The third kappa shape index (κ3) is 4.92. The smallest absolute Gasteiger partial charge is 0.319 e. The Morgan fingerprint density at radius 3 is 2.33 bits per heavy atom. The molecule has 0 aliphatic carbocycles. The van der Waals surface area contributed by atoms with Crippen LogP contribution < -0.4 is 0 Å². The normalized spacial score (nSPS) is 11.5. The molecule has 0 N–H and O–H groups in total. The molecule has 0 radical (unpaired) electrons. The van der Waals surface area contributed by atoms with Gasteiger partial charge in [0.2, 0.25) is 0 Å². The molecule has 0 bridgehead atoms. The number of hydrogen-bond donors (Lipinski definition) is 0. The van der Waals surface area contributed by atoms with Gasteiger partial charge in [-0.15, -0.1) is 11.8 Å². The molecule has 0 heterocycles. The van der Waals surface area contributed by atoms with Crippen molar-refractivity contribution < 1.29 is 19.2 Å². The molecule has 0 unspecified atom stereocenters. The lowest BCUT2D eigenvalue weighted by molar-refractivity contribution is -0.384. The van der Waals surface area contributed by atoms with Gasteiger partial charge in [-0.3, -0.25) is 19.7 Å². The van der Waals surface area contributed by atoms with Crippen LogP contribution in [0.15, 0.2) is 59.5 Å². The Labute approximate surface area is 143 Å². The van der Waals surface area contributed by atoms with Crippen LogP contribution in [-0.4, -0.2) is 28.5 Å². The zero-order valence-electron chi connectivity index (χ0n) is 12.9. The number of carbonyl (C=O) groups excluding carboxylic acids is 2. The van der Waals surface area contributed by atoms with Crippen molar-refractivity contribution in [1.29, 1.82) is 0 Å². The first-order valence-corrected chi connectivity index (χ1v) is 8.01. The highest BCUT2D eigenvalue weighted by molar-refractivity contribution is 8.00. The molecule has 0 spiro atoms. The number of non-ortho nitro benzene ring substituents is 1. The second-order valence-corrected chi connectivity index (χ2v) is 6.32. The monoisotopic (exact) mass is 345 g/mol. The highest BCUT2D eigenvalue weighted by Gasteiger charge is 2.18. The van der Waals surface area contributed by atoms with Crippen molar-refractivity contribution >= 4 is 29.2 Å². The van der Waals surface area contributed by atoms with E-state index >= 15 is 0 Å². The van der Waals surface area contributed by atoms with Crippen LogP contribution in [0.1, 0.15) is 17.3 Å². The Morgan fingerprint density at radius 2 is 1.75 bits per heavy atom. The van der Waals surface area contributed by atoms with Gasteiger partial charge in [-0.25, -0.2) is 0 Å². The maximum absolute atomic E-state index is 12.0. The molecule has 0 saturated heterocycles. The fourth-order valence-corrected chi connectivity index (χ4v) is 2.73. The van der Waals surface area contributed by atoms with Crippen molar-refractivity contribution in [2.24, 2.45) is 0 Å². The number of esters is 1. The molecule has 2 rings (SSSR count). The van der Waals surface area contributed by atoms with Gasteiger partial charge in [0.05, 0.1) is 4.92 Å². The molecule has 6 nitrogen and oxygen atoms in total. The number of hydrogen-bond acceptors (Lipinski definition) is 6. The van der Waals surface area contributed by atoms with Gasteiger partial charge >= 0.3 is 5.97 Å². The lowest BCUT2D eigenvalue weighted by atomic mass is 10.1. The molecule has 0 saturated carbocycles. The highest BCUT2D eigenvalue weighted by atomic mass is 32.2. The minimum atomic E-state index is -0.532. The van der Waals surface area contributed by atoms with Crippen molar-refractivity contribution in [3.63, 3.8) is 0 Å². The predicted octanol–water partition coefficient (Wildman–Crippen LogP) is 3.50. The number of Topliss-reactive ketones (excluding diaryl/α,β-unsaturated/α-hetero) is 1. The third-order valence-corrected chi connectivity index (χ3v) is 4.22. The van der Waals surface area contributed by atoms with Crippen LogP contribution >= 0.6 is 11.8 Å². The van der Waals surface area contributed by atoms with Crippen molar-refractivity contribution in [2.75, 3.05) is 6.61 Å². The minimum absolute atomic E-state index is 0.0111. The topological polar surface area (TPSA) is 86.5 Å². The lowest BCUT2D eigenvalue weighted by Crippen LogP contribution is -2.21. The van der Waals surface area contributed by atoms with E-state index in [0.717, 1.165) is 0 Å². The van der Waals surface area contributed by atoms with E-state index in [9.17, 15) is 19.7 Å². The summed E-state index contributed by atoms with van der Waals surface area (Å²) in [6.07, 6.45) is 0. The number of carbonyl (C=O) groups is 2. The molecule has 124 valence electrons. The van der Waals surface area contributed by atoms with Gasteiger partial charge in [0.1, 0.15) is 5.25 Å². The summed E-state index contributed by atoms with van der Waals surface area (Å²) in [6, 6.07) is 14.5. The molecule has 0 fully saturated rings. The first-order valence-electron chi connectivity index (χ1n) is 7.13. The Bertz CT molecular complexity index is 730. The van der Waals surface area contributed by atoms with E-state index in [2.05, 4.69) is 0 Å². The molecule has 2 aromatic carbocycles. The van der Waals surface area contributed by atoms with E-state index in [1.807, 2.05) is 0 Å². The zero-order valence-corrected chi connectivity index (χ0v) is 13.7. The molecule has 0 aromatic heterocycles. The Morgan fingerprint density at radius 1 is 1.12 bits per heavy atom. The Hall–Kier alpha value is -2.67.